The van der Waals surface area contributed by atoms with Gasteiger partial charge in [0.15, 0.2) is 6.10 Å². The quantitative estimate of drug-likeness (QED) is 0.460. The number of aromatic nitrogens is 1. The first-order valence-electron chi connectivity index (χ1n) is 10.0. The Morgan fingerprint density at radius 2 is 1.94 bits per heavy atom. The number of benzene rings is 2. The fourth-order valence-corrected chi connectivity index (χ4v) is 4.19. The number of thiazole rings is 1. The molecule has 1 saturated heterocycles. The first-order valence-corrected chi connectivity index (χ1v) is 11.2. The smallest absolute Gasteiger partial charge is 0.347 e. The van der Waals surface area contributed by atoms with Crippen LogP contribution in [0.5, 0.6) is 16.7 Å². The van der Waals surface area contributed by atoms with Gasteiger partial charge in [0.05, 0.1) is 23.4 Å². The molecule has 1 aliphatic rings. The summed E-state index contributed by atoms with van der Waals surface area (Å²) in [5.41, 5.74) is 0.838. The van der Waals surface area contributed by atoms with Crippen molar-refractivity contribution in [3.63, 3.8) is 0 Å². The molecule has 1 atom stereocenters. The number of halogens is 1. The maximum atomic E-state index is 12.2. The van der Waals surface area contributed by atoms with E-state index in [1.54, 1.807) is 37.3 Å². The Kier molecular flexibility index (Phi) is 7.24. The van der Waals surface area contributed by atoms with Gasteiger partial charge in [-0.15, -0.1) is 0 Å². The van der Waals surface area contributed by atoms with E-state index in [2.05, 4.69) is 9.88 Å². The Balaban J connectivity index is 1.25. The van der Waals surface area contributed by atoms with Crippen molar-refractivity contribution in [1.29, 1.82) is 0 Å². The number of morpholine rings is 1. The molecule has 164 valence electrons. The fourth-order valence-electron chi connectivity index (χ4n) is 3.08. The van der Waals surface area contributed by atoms with E-state index in [4.69, 9.17) is 30.5 Å². The zero-order valence-corrected chi connectivity index (χ0v) is 18.7. The average molecular weight is 463 g/mol. The summed E-state index contributed by atoms with van der Waals surface area (Å²) >= 11 is 7.44. The van der Waals surface area contributed by atoms with Gasteiger partial charge in [0.25, 0.3) is 5.19 Å². The van der Waals surface area contributed by atoms with Gasteiger partial charge in [-0.05, 0) is 49.4 Å². The molecule has 2 aromatic carbocycles. The highest BCUT2D eigenvalue weighted by Crippen LogP contribution is 2.33. The highest BCUT2D eigenvalue weighted by molar-refractivity contribution is 7.20. The molecule has 1 fully saturated rings. The second-order valence-corrected chi connectivity index (χ2v) is 8.48. The van der Waals surface area contributed by atoms with Gasteiger partial charge in [-0.2, -0.15) is 0 Å². The summed E-state index contributed by atoms with van der Waals surface area (Å²) in [6, 6.07) is 12.6. The Bertz CT molecular complexity index is 1020. The molecule has 0 spiro atoms. The average Bonchev–Trinajstić information content (AvgIpc) is 3.17. The number of rotatable bonds is 8. The predicted octanol–water partition coefficient (Wildman–Crippen LogP) is 4.38. The predicted molar refractivity (Wildman–Crippen MR) is 119 cm³/mol. The molecule has 0 amide bonds. The number of fused-ring (bicyclic) bond motifs is 1. The van der Waals surface area contributed by atoms with Crippen molar-refractivity contribution in [2.75, 3.05) is 39.5 Å². The van der Waals surface area contributed by atoms with E-state index >= 15 is 0 Å². The van der Waals surface area contributed by atoms with E-state index in [-0.39, 0.29) is 5.97 Å². The summed E-state index contributed by atoms with van der Waals surface area (Å²) < 4.78 is 23.1. The molecule has 0 N–H and O–H groups in total. The number of hydrogen-bond donors (Lipinski definition) is 0. The van der Waals surface area contributed by atoms with E-state index in [0.29, 0.717) is 34.9 Å². The second-order valence-electron chi connectivity index (χ2n) is 7.05. The lowest BCUT2D eigenvalue weighted by Gasteiger charge is -2.26. The van der Waals surface area contributed by atoms with Crippen molar-refractivity contribution in [3.8, 4) is 16.7 Å². The van der Waals surface area contributed by atoms with Crippen LogP contribution in [-0.2, 0) is 14.3 Å². The molecule has 0 bridgehead atoms. The van der Waals surface area contributed by atoms with E-state index in [0.717, 1.165) is 36.5 Å². The number of esters is 1. The molecule has 2 heterocycles. The number of carbonyl (C=O) groups is 1. The van der Waals surface area contributed by atoms with Gasteiger partial charge in [-0.25, -0.2) is 9.78 Å². The summed E-state index contributed by atoms with van der Waals surface area (Å²) in [6.07, 6.45) is -0.703. The van der Waals surface area contributed by atoms with Crippen LogP contribution in [0, 0.1) is 0 Å². The van der Waals surface area contributed by atoms with Gasteiger partial charge < -0.3 is 18.9 Å². The van der Waals surface area contributed by atoms with E-state index in [1.165, 1.54) is 11.3 Å². The lowest BCUT2D eigenvalue weighted by atomic mass is 10.3. The normalized spacial score (nSPS) is 15.5. The molecule has 0 radical (unpaired) electrons. The summed E-state index contributed by atoms with van der Waals surface area (Å²) in [5.74, 6) is 0.793. The van der Waals surface area contributed by atoms with E-state index in [9.17, 15) is 4.79 Å². The molecule has 4 rings (SSSR count). The third-order valence-electron chi connectivity index (χ3n) is 4.76. The van der Waals surface area contributed by atoms with Crippen LogP contribution in [-0.4, -0.2) is 61.4 Å². The molecule has 1 aliphatic heterocycles. The number of carbonyl (C=O) groups excluding carboxylic acids is 1. The lowest BCUT2D eigenvalue weighted by Crippen LogP contribution is -2.39. The molecule has 9 heteroatoms. The van der Waals surface area contributed by atoms with Gasteiger partial charge in [0, 0.05) is 24.7 Å². The van der Waals surface area contributed by atoms with Crippen molar-refractivity contribution in [1.82, 2.24) is 9.88 Å². The molecule has 1 unspecified atom stereocenters. The highest BCUT2D eigenvalue weighted by Gasteiger charge is 2.18. The van der Waals surface area contributed by atoms with Gasteiger partial charge in [0.1, 0.15) is 18.1 Å². The Labute approximate surface area is 189 Å². The molecule has 7 nitrogen and oxygen atoms in total. The summed E-state index contributed by atoms with van der Waals surface area (Å²) in [4.78, 5) is 18.8. The molecule has 0 saturated carbocycles. The third kappa shape index (κ3) is 6.07. The SMILES string of the molecule is CC(Oc1ccc(Oc2nc3ccc(Cl)cc3s2)cc1)C(=O)OCCN1CCOCC1. The second kappa shape index (κ2) is 10.3. The number of hydrogen-bond acceptors (Lipinski definition) is 8. The van der Waals surface area contributed by atoms with Crippen LogP contribution in [0.3, 0.4) is 0 Å². The van der Waals surface area contributed by atoms with Crippen molar-refractivity contribution < 1.29 is 23.7 Å². The summed E-state index contributed by atoms with van der Waals surface area (Å²) in [6.45, 7) is 5.89. The lowest BCUT2D eigenvalue weighted by molar-refractivity contribution is -0.151. The van der Waals surface area contributed by atoms with Crippen LogP contribution in [0.1, 0.15) is 6.92 Å². The third-order valence-corrected chi connectivity index (χ3v) is 5.89. The minimum atomic E-state index is -0.703. The molecular formula is C22H23ClN2O5S. The first-order chi connectivity index (χ1) is 15.1. The molecule has 31 heavy (non-hydrogen) atoms. The standard InChI is InChI=1S/C22H23ClN2O5S/c1-15(21(26)28-13-10-25-8-11-27-12-9-25)29-17-3-5-18(6-4-17)30-22-24-19-7-2-16(23)14-20(19)31-22/h2-7,14-15H,8-13H2,1H3. The topological polar surface area (TPSA) is 70.1 Å². The minimum absolute atomic E-state index is 0.340. The largest absolute Gasteiger partial charge is 0.479 e. The Morgan fingerprint density at radius 1 is 1.19 bits per heavy atom. The van der Waals surface area contributed by atoms with Crippen LogP contribution in [0.2, 0.25) is 5.02 Å². The van der Waals surface area contributed by atoms with Gasteiger partial charge in [0.2, 0.25) is 0 Å². The van der Waals surface area contributed by atoms with Crippen molar-refractivity contribution in [2.24, 2.45) is 0 Å². The number of ether oxygens (including phenoxy) is 4. The number of nitrogens with zero attached hydrogens (tertiary/aromatic N) is 2. The van der Waals surface area contributed by atoms with Crippen LogP contribution in [0.4, 0.5) is 0 Å². The van der Waals surface area contributed by atoms with Crippen LogP contribution >= 0.6 is 22.9 Å². The first kappa shape index (κ1) is 21.8. The summed E-state index contributed by atoms with van der Waals surface area (Å²) in [7, 11) is 0. The van der Waals surface area contributed by atoms with E-state index < -0.39 is 6.10 Å². The molecule has 0 aliphatic carbocycles. The van der Waals surface area contributed by atoms with Crippen molar-refractivity contribution in [2.45, 2.75) is 13.0 Å². The van der Waals surface area contributed by atoms with Crippen LogP contribution < -0.4 is 9.47 Å². The molecule has 1 aromatic heterocycles. The maximum absolute atomic E-state index is 12.2. The van der Waals surface area contributed by atoms with Crippen LogP contribution in [0.15, 0.2) is 42.5 Å². The summed E-state index contributed by atoms with van der Waals surface area (Å²) in [5, 5.41) is 1.20. The van der Waals surface area contributed by atoms with Crippen molar-refractivity contribution >= 4 is 39.1 Å². The monoisotopic (exact) mass is 462 g/mol. The highest BCUT2D eigenvalue weighted by atomic mass is 35.5. The molecule has 3 aromatic rings. The van der Waals surface area contributed by atoms with Gasteiger partial charge in [-0.1, -0.05) is 22.9 Å². The Morgan fingerprint density at radius 3 is 2.71 bits per heavy atom. The van der Waals surface area contributed by atoms with Crippen LogP contribution in [0.25, 0.3) is 10.2 Å². The van der Waals surface area contributed by atoms with Gasteiger partial charge in [-0.3, -0.25) is 4.90 Å². The van der Waals surface area contributed by atoms with Crippen molar-refractivity contribution in [3.05, 3.63) is 47.5 Å². The zero-order chi connectivity index (χ0) is 21.6. The maximum Gasteiger partial charge on any atom is 0.347 e. The molecular weight excluding hydrogens is 440 g/mol. The minimum Gasteiger partial charge on any atom is -0.479 e. The Hall–Kier alpha value is -2.39. The zero-order valence-electron chi connectivity index (χ0n) is 17.1. The van der Waals surface area contributed by atoms with E-state index in [1.807, 2.05) is 12.1 Å². The fraction of sp³-hybridized carbons (Fsp3) is 0.364. The van der Waals surface area contributed by atoms with Gasteiger partial charge >= 0.3 is 5.97 Å².